The molecule has 35 heavy (non-hydrogen) atoms. The molecule has 1 saturated carbocycles. The first kappa shape index (κ1) is 25.2. The third kappa shape index (κ3) is 5.35. The molecule has 0 radical (unpaired) electrons. The van der Waals surface area contributed by atoms with Crippen LogP contribution in [0.1, 0.15) is 63.0 Å². The Morgan fingerprint density at radius 1 is 1.11 bits per heavy atom. The second-order valence-corrected chi connectivity index (χ2v) is 9.91. The van der Waals surface area contributed by atoms with E-state index in [0.29, 0.717) is 35.8 Å². The third-order valence-electron chi connectivity index (χ3n) is 6.86. The van der Waals surface area contributed by atoms with Crippen molar-refractivity contribution in [3.8, 4) is 22.8 Å². The Kier molecular flexibility index (Phi) is 7.45. The molecule has 5 nitrogen and oxygen atoms in total. The van der Waals surface area contributed by atoms with Crippen LogP contribution in [-0.4, -0.2) is 27.2 Å². The highest BCUT2D eigenvalue weighted by Crippen LogP contribution is 2.45. The van der Waals surface area contributed by atoms with Crippen LogP contribution in [0.4, 0.5) is 8.78 Å². The van der Waals surface area contributed by atoms with Crippen molar-refractivity contribution in [1.29, 1.82) is 0 Å². The fourth-order valence-corrected chi connectivity index (χ4v) is 4.93. The lowest BCUT2D eigenvalue weighted by molar-refractivity contribution is -0.137. The topological polar surface area (TPSA) is 75.7 Å². The number of hydrogen-bond acceptors (Lipinski definition) is 4. The molecule has 1 aromatic heterocycles. The van der Waals surface area contributed by atoms with Gasteiger partial charge >= 0.3 is 5.69 Å². The standard InChI is InChI=1S/C27H28ClF2N3O2/c1-16(2)18-6-5-7-19(15-18)23-31-24(33-26(35)32-23)20-14-17(8-10-21(20)28)9-11-22(34)27(25(29)30)12-3-4-13-27/h5-8,10,14-16,25H,3-4,9,11-13H2,1-2H3,(H,31,32,33,35). The summed E-state index contributed by atoms with van der Waals surface area (Å²) in [5.41, 5.74) is 0.991. The number of ketones is 1. The van der Waals surface area contributed by atoms with Crippen molar-refractivity contribution >= 4 is 17.4 Å². The molecule has 1 heterocycles. The highest BCUT2D eigenvalue weighted by molar-refractivity contribution is 6.33. The molecule has 0 amide bonds. The van der Waals surface area contributed by atoms with Crippen molar-refractivity contribution in [1.82, 2.24) is 15.0 Å². The Morgan fingerprint density at radius 3 is 2.54 bits per heavy atom. The summed E-state index contributed by atoms with van der Waals surface area (Å²) in [6.07, 6.45) is -0.502. The summed E-state index contributed by atoms with van der Waals surface area (Å²) in [5, 5.41) is 0.371. The van der Waals surface area contributed by atoms with Crippen LogP contribution in [0.5, 0.6) is 0 Å². The molecule has 184 valence electrons. The predicted molar refractivity (Wildman–Crippen MR) is 133 cm³/mol. The molecule has 0 bridgehead atoms. The lowest BCUT2D eigenvalue weighted by atomic mass is 9.79. The van der Waals surface area contributed by atoms with E-state index in [9.17, 15) is 18.4 Å². The number of carbonyl (C=O) groups excluding carboxylic acids is 1. The summed E-state index contributed by atoms with van der Waals surface area (Å²) < 4.78 is 27.4. The monoisotopic (exact) mass is 499 g/mol. The Balaban J connectivity index is 1.61. The number of halogens is 3. The van der Waals surface area contributed by atoms with Crippen LogP contribution in [0.15, 0.2) is 47.3 Å². The minimum Gasteiger partial charge on any atom is -0.299 e. The van der Waals surface area contributed by atoms with Gasteiger partial charge in [0.05, 0.1) is 10.4 Å². The molecule has 0 spiro atoms. The maximum atomic E-state index is 13.7. The van der Waals surface area contributed by atoms with Gasteiger partial charge in [0.1, 0.15) is 11.6 Å². The van der Waals surface area contributed by atoms with E-state index in [1.165, 1.54) is 0 Å². The van der Waals surface area contributed by atoms with E-state index in [-0.39, 0.29) is 36.7 Å². The average Bonchev–Trinajstić information content (AvgIpc) is 3.35. The fourth-order valence-electron chi connectivity index (χ4n) is 4.72. The van der Waals surface area contributed by atoms with E-state index >= 15 is 0 Å². The molecule has 0 atom stereocenters. The first-order valence-corrected chi connectivity index (χ1v) is 12.3. The second-order valence-electron chi connectivity index (χ2n) is 9.51. The molecule has 1 aliphatic carbocycles. The molecule has 1 fully saturated rings. The Morgan fingerprint density at radius 2 is 1.86 bits per heavy atom. The number of H-pyrrole nitrogens is 1. The summed E-state index contributed by atoms with van der Waals surface area (Å²) in [5.74, 6) is 0.457. The number of aryl methyl sites for hydroxylation is 1. The van der Waals surface area contributed by atoms with Gasteiger partial charge in [-0.3, -0.25) is 9.78 Å². The molecule has 0 unspecified atom stereocenters. The van der Waals surface area contributed by atoms with Crippen LogP contribution in [0.3, 0.4) is 0 Å². The van der Waals surface area contributed by atoms with Gasteiger partial charge in [0.25, 0.3) is 6.43 Å². The molecule has 1 aliphatic rings. The maximum absolute atomic E-state index is 13.7. The van der Waals surface area contributed by atoms with Crippen molar-refractivity contribution < 1.29 is 13.6 Å². The van der Waals surface area contributed by atoms with Gasteiger partial charge in [0, 0.05) is 17.5 Å². The van der Waals surface area contributed by atoms with Crippen molar-refractivity contribution in [2.24, 2.45) is 5.41 Å². The van der Waals surface area contributed by atoms with Gasteiger partial charge < -0.3 is 0 Å². The van der Waals surface area contributed by atoms with Gasteiger partial charge in [0.15, 0.2) is 5.82 Å². The number of aromatic nitrogens is 3. The van der Waals surface area contributed by atoms with Crippen LogP contribution in [0.25, 0.3) is 22.8 Å². The first-order valence-electron chi connectivity index (χ1n) is 11.9. The Labute approximate surface area is 208 Å². The minimum atomic E-state index is -2.64. The Hall–Kier alpha value is -2.93. The molecule has 4 rings (SSSR count). The molecule has 0 saturated heterocycles. The maximum Gasteiger partial charge on any atom is 0.348 e. The highest BCUT2D eigenvalue weighted by atomic mass is 35.5. The van der Waals surface area contributed by atoms with E-state index < -0.39 is 17.5 Å². The predicted octanol–water partition coefficient (Wildman–Crippen LogP) is 6.60. The molecule has 1 N–H and O–H groups in total. The van der Waals surface area contributed by atoms with E-state index in [1.807, 2.05) is 24.3 Å². The Bertz CT molecular complexity index is 1280. The van der Waals surface area contributed by atoms with Gasteiger partial charge in [-0.15, -0.1) is 0 Å². The SMILES string of the molecule is CC(C)c1cccc(-c2nc(-c3cc(CCC(=O)C4(C(F)F)CCCC4)ccc3Cl)[nH]c(=O)n2)c1. The zero-order valence-corrected chi connectivity index (χ0v) is 20.5. The first-order chi connectivity index (χ1) is 16.7. The number of rotatable bonds is 8. The van der Waals surface area contributed by atoms with Gasteiger partial charge in [-0.2, -0.15) is 4.98 Å². The molecule has 0 aliphatic heterocycles. The smallest absolute Gasteiger partial charge is 0.299 e. The second kappa shape index (κ2) is 10.4. The van der Waals surface area contributed by atoms with Crippen molar-refractivity contribution in [3.05, 3.63) is 69.1 Å². The summed E-state index contributed by atoms with van der Waals surface area (Å²) in [7, 11) is 0. The molecular weight excluding hydrogens is 472 g/mol. The summed E-state index contributed by atoms with van der Waals surface area (Å²) >= 11 is 6.43. The van der Waals surface area contributed by atoms with Crippen LogP contribution >= 0.6 is 11.6 Å². The molecule has 2 aromatic carbocycles. The number of nitrogens with one attached hydrogen (secondary N) is 1. The molecule has 8 heteroatoms. The van der Waals surface area contributed by atoms with E-state index in [4.69, 9.17) is 11.6 Å². The zero-order chi connectivity index (χ0) is 25.2. The number of aromatic amines is 1. The number of carbonyl (C=O) groups is 1. The van der Waals surface area contributed by atoms with Gasteiger partial charge in [-0.25, -0.2) is 18.6 Å². The van der Waals surface area contributed by atoms with Crippen molar-refractivity contribution in [3.63, 3.8) is 0 Å². The van der Waals surface area contributed by atoms with E-state index in [1.54, 1.807) is 18.2 Å². The summed E-state index contributed by atoms with van der Waals surface area (Å²) in [6.45, 7) is 4.16. The van der Waals surface area contributed by atoms with Crippen molar-refractivity contribution in [2.75, 3.05) is 0 Å². The highest BCUT2D eigenvalue weighted by Gasteiger charge is 2.48. The summed E-state index contributed by atoms with van der Waals surface area (Å²) in [6, 6.07) is 12.9. The van der Waals surface area contributed by atoms with Gasteiger partial charge in [0.2, 0.25) is 0 Å². The fraction of sp³-hybridized carbons (Fsp3) is 0.407. The van der Waals surface area contributed by atoms with Crippen LogP contribution in [-0.2, 0) is 11.2 Å². The van der Waals surface area contributed by atoms with Crippen LogP contribution in [0, 0.1) is 5.41 Å². The number of Topliss-reactive ketones (excluding diaryl/α,β-unsaturated/α-hetero) is 1. The number of benzene rings is 2. The quantitative estimate of drug-likeness (QED) is 0.378. The lowest BCUT2D eigenvalue weighted by Crippen LogP contribution is -2.35. The third-order valence-corrected chi connectivity index (χ3v) is 7.19. The van der Waals surface area contributed by atoms with Crippen LogP contribution in [0.2, 0.25) is 5.02 Å². The van der Waals surface area contributed by atoms with Gasteiger partial charge in [-0.1, -0.05) is 62.6 Å². The molecule has 3 aromatic rings. The van der Waals surface area contributed by atoms with E-state index in [0.717, 1.165) is 16.7 Å². The number of hydrogen-bond donors (Lipinski definition) is 1. The van der Waals surface area contributed by atoms with Crippen molar-refractivity contribution in [2.45, 2.75) is 64.7 Å². The van der Waals surface area contributed by atoms with Crippen LogP contribution < -0.4 is 5.69 Å². The zero-order valence-electron chi connectivity index (χ0n) is 19.8. The molecular formula is C27H28ClF2N3O2. The largest absolute Gasteiger partial charge is 0.348 e. The lowest BCUT2D eigenvalue weighted by Gasteiger charge is -2.26. The minimum absolute atomic E-state index is 0.0267. The van der Waals surface area contributed by atoms with Gasteiger partial charge in [-0.05, 0) is 54.5 Å². The summed E-state index contributed by atoms with van der Waals surface area (Å²) in [4.78, 5) is 36.3. The van der Waals surface area contributed by atoms with E-state index in [2.05, 4.69) is 28.8 Å². The normalized spacial score (nSPS) is 15.2. The number of alkyl halides is 2. The number of nitrogens with zero attached hydrogens (tertiary/aromatic N) is 2. The average molecular weight is 500 g/mol.